The van der Waals surface area contributed by atoms with Crippen LogP contribution in [0.4, 0.5) is 11.5 Å². The summed E-state index contributed by atoms with van der Waals surface area (Å²) in [4.78, 5) is 25.7. The van der Waals surface area contributed by atoms with Crippen LogP contribution >= 0.6 is 15.9 Å². The molecule has 0 unspecified atom stereocenters. The van der Waals surface area contributed by atoms with E-state index >= 15 is 0 Å². The van der Waals surface area contributed by atoms with Gasteiger partial charge >= 0.3 is 0 Å². The first kappa shape index (κ1) is 16.4. The Bertz CT molecular complexity index is 508. The highest BCUT2D eigenvalue weighted by atomic mass is 79.9. The molecule has 1 rings (SSSR count). The lowest BCUT2D eigenvalue weighted by Gasteiger charge is -2.09. The van der Waals surface area contributed by atoms with Crippen molar-refractivity contribution >= 4 is 33.3 Å². The van der Waals surface area contributed by atoms with E-state index in [9.17, 15) is 14.9 Å². The highest BCUT2D eigenvalue weighted by molar-refractivity contribution is 9.10. The summed E-state index contributed by atoms with van der Waals surface area (Å²) in [6, 6.07) is 0. The molecule has 0 aromatic carbocycles. The second-order valence-corrected chi connectivity index (χ2v) is 5.01. The molecule has 1 aromatic heterocycles. The van der Waals surface area contributed by atoms with Crippen LogP contribution in [-0.4, -0.2) is 28.9 Å². The minimum absolute atomic E-state index is 0.0332. The smallest absolute Gasteiger partial charge is 0.291 e. The topological polar surface area (TPSA) is 97.2 Å². The predicted molar refractivity (Wildman–Crippen MR) is 79.7 cm³/mol. The Kier molecular flexibility index (Phi) is 6.37. The van der Waals surface area contributed by atoms with Crippen molar-refractivity contribution in [2.75, 3.05) is 18.4 Å². The predicted octanol–water partition coefficient (Wildman–Crippen LogP) is 2.39. The molecule has 0 aliphatic carbocycles. The maximum atomic E-state index is 11.4. The lowest BCUT2D eigenvalue weighted by Crippen LogP contribution is -2.26. The summed E-state index contributed by atoms with van der Waals surface area (Å²) in [5.74, 6) is 0.463. The van der Waals surface area contributed by atoms with Gasteiger partial charge in [0, 0.05) is 25.1 Å². The van der Waals surface area contributed by atoms with E-state index in [0.717, 1.165) is 6.42 Å². The van der Waals surface area contributed by atoms with Crippen LogP contribution in [0.2, 0.25) is 0 Å². The number of halogens is 1. The normalized spacial score (nSPS) is 10.2. The molecule has 0 saturated carbocycles. The quantitative estimate of drug-likeness (QED) is 0.584. The van der Waals surface area contributed by atoms with E-state index in [1.54, 1.807) is 6.92 Å². The lowest BCUT2D eigenvalue weighted by molar-refractivity contribution is -0.385. The molecule has 2 N–H and O–H groups in total. The van der Waals surface area contributed by atoms with Crippen LogP contribution in [0.15, 0.2) is 10.7 Å². The summed E-state index contributed by atoms with van der Waals surface area (Å²) >= 11 is 3.28. The van der Waals surface area contributed by atoms with Gasteiger partial charge in [-0.3, -0.25) is 14.9 Å². The lowest BCUT2D eigenvalue weighted by atomic mass is 10.2. The molecule has 0 aliphatic heterocycles. The monoisotopic (exact) mass is 344 g/mol. The second kappa shape index (κ2) is 7.78. The summed E-state index contributed by atoms with van der Waals surface area (Å²) < 4.78 is 0.542. The average molecular weight is 345 g/mol. The van der Waals surface area contributed by atoms with Crippen molar-refractivity contribution in [2.24, 2.45) is 0 Å². The molecule has 1 heterocycles. The summed E-state index contributed by atoms with van der Waals surface area (Å²) in [6.45, 7) is 4.71. The molecular weight excluding hydrogens is 328 g/mol. The van der Waals surface area contributed by atoms with Crippen molar-refractivity contribution in [2.45, 2.75) is 26.7 Å². The first-order chi connectivity index (χ1) is 9.47. The molecule has 0 bridgehead atoms. The third-order valence-corrected chi connectivity index (χ3v) is 3.62. The summed E-state index contributed by atoms with van der Waals surface area (Å²) in [6.07, 6.45) is 2.43. The Morgan fingerprint density at radius 1 is 1.50 bits per heavy atom. The van der Waals surface area contributed by atoms with E-state index in [-0.39, 0.29) is 11.6 Å². The third kappa shape index (κ3) is 4.44. The van der Waals surface area contributed by atoms with Crippen LogP contribution in [-0.2, 0) is 4.79 Å². The van der Waals surface area contributed by atoms with E-state index < -0.39 is 4.92 Å². The van der Waals surface area contributed by atoms with Gasteiger partial charge in [-0.05, 0) is 29.3 Å². The van der Waals surface area contributed by atoms with E-state index in [1.807, 2.05) is 6.92 Å². The number of carbonyl (C=O) groups excluding carboxylic acids is 1. The van der Waals surface area contributed by atoms with Gasteiger partial charge in [-0.15, -0.1) is 0 Å². The number of aromatic nitrogens is 1. The number of carbonyl (C=O) groups is 1. The Morgan fingerprint density at radius 2 is 2.20 bits per heavy atom. The molecule has 20 heavy (non-hydrogen) atoms. The van der Waals surface area contributed by atoms with Crippen molar-refractivity contribution in [1.29, 1.82) is 0 Å². The van der Waals surface area contributed by atoms with E-state index in [2.05, 4.69) is 31.5 Å². The summed E-state index contributed by atoms with van der Waals surface area (Å²) in [7, 11) is 0. The van der Waals surface area contributed by atoms with Crippen molar-refractivity contribution < 1.29 is 9.72 Å². The number of nitro groups is 1. The number of nitrogens with zero attached hydrogens (tertiary/aromatic N) is 2. The molecule has 0 fully saturated rings. The molecule has 0 spiro atoms. The molecular formula is C12H17BrN4O3. The third-order valence-electron chi connectivity index (χ3n) is 2.65. The Labute approximate surface area is 125 Å². The van der Waals surface area contributed by atoms with Gasteiger partial charge in [0.2, 0.25) is 5.91 Å². The number of pyridine rings is 1. The van der Waals surface area contributed by atoms with E-state index in [4.69, 9.17) is 0 Å². The average Bonchev–Trinajstić information content (AvgIpc) is 2.40. The summed E-state index contributed by atoms with van der Waals surface area (Å²) in [5.41, 5.74) is 0.464. The van der Waals surface area contributed by atoms with Gasteiger partial charge in [0.05, 0.1) is 9.40 Å². The first-order valence-corrected chi connectivity index (χ1v) is 7.06. The fourth-order valence-corrected chi connectivity index (χ4v) is 1.97. The number of amides is 1. The zero-order valence-corrected chi connectivity index (χ0v) is 13.0. The van der Waals surface area contributed by atoms with Gasteiger partial charge in [0.25, 0.3) is 5.69 Å². The fraction of sp³-hybridized carbons (Fsp3) is 0.500. The fourth-order valence-electron chi connectivity index (χ4n) is 1.52. The highest BCUT2D eigenvalue weighted by Gasteiger charge is 2.16. The second-order valence-electron chi connectivity index (χ2n) is 4.21. The Hall–Kier alpha value is -1.70. The zero-order valence-electron chi connectivity index (χ0n) is 11.4. The van der Waals surface area contributed by atoms with Gasteiger partial charge < -0.3 is 10.6 Å². The summed E-state index contributed by atoms with van der Waals surface area (Å²) in [5, 5.41) is 16.5. The molecule has 1 amide bonds. The van der Waals surface area contributed by atoms with Crippen molar-refractivity contribution in [3.05, 3.63) is 26.3 Å². The Balaban J connectivity index is 2.59. The van der Waals surface area contributed by atoms with Gasteiger partial charge in [0.15, 0.2) is 0 Å². The van der Waals surface area contributed by atoms with Crippen LogP contribution in [0.3, 0.4) is 0 Å². The van der Waals surface area contributed by atoms with Crippen LogP contribution in [0.25, 0.3) is 0 Å². The number of nitrogens with one attached hydrogen (secondary N) is 2. The van der Waals surface area contributed by atoms with Gasteiger partial charge in [-0.1, -0.05) is 6.92 Å². The highest BCUT2D eigenvalue weighted by Crippen LogP contribution is 2.30. The number of anilines is 1. The Morgan fingerprint density at radius 3 is 2.80 bits per heavy atom. The standard InChI is InChI=1S/C12H17BrN4O3/c1-3-5-14-10(18)4-6-15-12-11(13)8(2)9(7-16-12)17(19)20/h7H,3-6H2,1-2H3,(H,14,18)(H,15,16). The largest absolute Gasteiger partial charge is 0.369 e. The van der Waals surface area contributed by atoms with Crippen LogP contribution in [0.1, 0.15) is 25.3 Å². The number of hydrogen-bond acceptors (Lipinski definition) is 5. The van der Waals surface area contributed by atoms with E-state index in [1.165, 1.54) is 6.20 Å². The molecule has 8 heteroatoms. The van der Waals surface area contributed by atoms with Crippen LogP contribution in [0.5, 0.6) is 0 Å². The van der Waals surface area contributed by atoms with Gasteiger partial charge in [-0.2, -0.15) is 0 Å². The molecule has 0 aliphatic rings. The van der Waals surface area contributed by atoms with Crippen molar-refractivity contribution in [3.8, 4) is 0 Å². The molecule has 110 valence electrons. The van der Waals surface area contributed by atoms with Crippen LogP contribution in [0, 0.1) is 17.0 Å². The van der Waals surface area contributed by atoms with Gasteiger partial charge in [-0.25, -0.2) is 4.98 Å². The number of hydrogen-bond donors (Lipinski definition) is 2. The molecule has 0 saturated heterocycles. The molecule has 0 atom stereocenters. The zero-order chi connectivity index (χ0) is 15.1. The first-order valence-electron chi connectivity index (χ1n) is 6.27. The minimum atomic E-state index is -0.477. The minimum Gasteiger partial charge on any atom is -0.369 e. The number of rotatable bonds is 7. The molecule has 1 aromatic rings. The van der Waals surface area contributed by atoms with Gasteiger partial charge in [0.1, 0.15) is 12.0 Å². The molecule has 7 nitrogen and oxygen atoms in total. The molecule has 0 radical (unpaired) electrons. The maximum Gasteiger partial charge on any atom is 0.291 e. The van der Waals surface area contributed by atoms with Crippen molar-refractivity contribution in [1.82, 2.24) is 10.3 Å². The van der Waals surface area contributed by atoms with E-state index in [0.29, 0.717) is 35.4 Å². The SMILES string of the molecule is CCCNC(=O)CCNc1ncc([N+](=O)[O-])c(C)c1Br. The maximum absolute atomic E-state index is 11.4. The van der Waals surface area contributed by atoms with Crippen LogP contribution < -0.4 is 10.6 Å². The van der Waals surface area contributed by atoms with Crippen molar-refractivity contribution in [3.63, 3.8) is 0 Å².